The van der Waals surface area contributed by atoms with Crippen LogP contribution in [0.4, 0.5) is 0 Å². The summed E-state index contributed by atoms with van der Waals surface area (Å²) in [6.07, 6.45) is 0. The van der Waals surface area contributed by atoms with E-state index in [4.69, 9.17) is 12.6 Å². The van der Waals surface area contributed by atoms with E-state index in [2.05, 4.69) is 0 Å². The monoisotopic (exact) mass is 146 g/mol. The van der Waals surface area contributed by atoms with Gasteiger partial charge in [0.1, 0.15) is 11.4 Å². The summed E-state index contributed by atoms with van der Waals surface area (Å²) in [5.74, 6) is 0.640. The fraction of sp³-hybridized carbons (Fsp3) is 0.125. The van der Waals surface area contributed by atoms with Crippen LogP contribution >= 0.6 is 0 Å². The molecule has 54 valence electrons. The quantitative estimate of drug-likeness (QED) is 0.581. The fourth-order valence-electron chi connectivity index (χ4n) is 0.776. The van der Waals surface area contributed by atoms with Crippen molar-refractivity contribution in [2.45, 2.75) is 0 Å². The van der Waals surface area contributed by atoms with Gasteiger partial charge < -0.3 is 9.53 Å². The summed E-state index contributed by atoms with van der Waals surface area (Å²) in [6, 6.07) is 6.72. The Kier molecular flexibility index (Phi) is 2.31. The van der Waals surface area contributed by atoms with Crippen LogP contribution in [-0.4, -0.2) is 20.6 Å². The lowest BCUT2D eigenvalue weighted by molar-refractivity contribution is 0.108. The largest absolute Gasteiger partial charge is 0.497 e. The first-order valence-electron chi connectivity index (χ1n) is 3.18. The average Bonchev–Trinajstić information content (AvgIpc) is 2.05. The van der Waals surface area contributed by atoms with Crippen LogP contribution in [0.25, 0.3) is 0 Å². The minimum atomic E-state index is -0.441. The summed E-state index contributed by atoms with van der Waals surface area (Å²) in [4.78, 5) is 10.6. The molecule has 0 fully saturated rings. The van der Waals surface area contributed by atoms with E-state index in [1.54, 1.807) is 31.4 Å². The molecule has 0 aliphatic carbocycles. The average molecular weight is 146 g/mol. The van der Waals surface area contributed by atoms with Gasteiger partial charge in [0.2, 0.25) is 0 Å². The molecule has 11 heavy (non-hydrogen) atoms. The highest BCUT2D eigenvalue weighted by atomic mass is 16.5. The highest BCUT2D eigenvalue weighted by molar-refractivity contribution is 6.62. The molecule has 0 N–H and O–H groups in total. The minimum absolute atomic E-state index is 0.441. The molecule has 1 rings (SSSR count). The molecule has 2 nitrogen and oxygen atoms in total. The van der Waals surface area contributed by atoms with Crippen LogP contribution in [0, 0.1) is 0 Å². The van der Waals surface area contributed by atoms with Crippen molar-refractivity contribution in [2.75, 3.05) is 7.11 Å². The SMILES string of the molecule is [B]C(=O)c1cccc(OC)c1. The molecule has 0 spiro atoms. The van der Waals surface area contributed by atoms with E-state index in [1.165, 1.54) is 0 Å². The third kappa shape index (κ3) is 1.83. The zero-order valence-corrected chi connectivity index (χ0v) is 6.20. The maximum absolute atomic E-state index is 10.6. The van der Waals surface area contributed by atoms with Gasteiger partial charge in [0.05, 0.1) is 7.11 Å². The third-order valence-corrected chi connectivity index (χ3v) is 1.35. The van der Waals surface area contributed by atoms with Gasteiger partial charge >= 0.3 is 0 Å². The highest BCUT2D eigenvalue weighted by Gasteiger charge is 1.98. The first kappa shape index (κ1) is 7.86. The standard InChI is InChI=1S/C8H7BO2/c1-11-7-4-2-3-6(5-7)8(9)10/h2-5H,1H3. The minimum Gasteiger partial charge on any atom is -0.497 e. The number of carbonyl (C=O) groups excluding carboxylic acids is 1. The van der Waals surface area contributed by atoms with Crippen molar-refractivity contribution < 1.29 is 9.53 Å². The van der Waals surface area contributed by atoms with Crippen molar-refractivity contribution >= 4 is 13.5 Å². The smallest absolute Gasteiger partial charge is 0.175 e. The first-order valence-corrected chi connectivity index (χ1v) is 3.18. The van der Waals surface area contributed by atoms with Crippen LogP contribution in [0.2, 0.25) is 0 Å². The molecule has 3 heteroatoms. The predicted molar refractivity (Wildman–Crippen MR) is 43.1 cm³/mol. The summed E-state index contributed by atoms with van der Waals surface area (Å²) in [5, 5.41) is 0. The molecule has 0 bridgehead atoms. The number of carbonyl (C=O) groups is 1. The molecule has 0 saturated carbocycles. The number of hydrogen-bond donors (Lipinski definition) is 0. The van der Waals surface area contributed by atoms with Crippen LogP contribution in [0.1, 0.15) is 10.4 Å². The molecule has 0 aromatic heterocycles. The third-order valence-electron chi connectivity index (χ3n) is 1.35. The number of benzene rings is 1. The van der Waals surface area contributed by atoms with Crippen LogP contribution in [-0.2, 0) is 0 Å². The van der Waals surface area contributed by atoms with E-state index < -0.39 is 5.68 Å². The Hall–Kier alpha value is -1.25. The Morgan fingerprint density at radius 2 is 2.27 bits per heavy atom. The van der Waals surface area contributed by atoms with Gasteiger partial charge in [0.25, 0.3) is 0 Å². The van der Waals surface area contributed by atoms with E-state index in [0.717, 1.165) is 0 Å². The molecule has 0 aliphatic heterocycles. The maximum atomic E-state index is 10.6. The Morgan fingerprint density at radius 1 is 1.55 bits per heavy atom. The van der Waals surface area contributed by atoms with Crippen LogP contribution in [0.3, 0.4) is 0 Å². The van der Waals surface area contributed by atoms with Gasteiger partial charge in [-0.05, 0) is 12.1 Å². The predicted octanol–water partition coefficient (Wildman–Crippen LogP) is 1.00. The Labute approximate surface area is 66.6 Å². The first-order chi connectivity index (χ1) is 5.24. The van der Waals surface area contributed by atoms with E-state index in [9.17, 15) is 4.79 Å². The van der Waals surface area contributed by atoms with Gasteiger partial charge in [0, 0.05) is 5.56 Å². The molecule has 0 heterocycles. The molecule has 0 aliphatic rings. The lowest BCUT2D eigenvalue weighted by Gasteiger charge is -2.00. The van der Waals surface area contributed by atoms with Crippen LogP contribution in [0.15, 0.2) is 24.3 Å². The molecule has 0 atom stereocenters. The van der Waals surface area contributed by atoms with Crippen LogP contribution in [0.5, 0.6) is 5.75 Å². The Bertz CT molecular complexity index is 271. The van der Waals surface area contributed by atoms with E-state index in [-0.39, 0.29) is 0 Å². The molecular formula is C8H7BO2. The van der Waals surface area contributed by atoms with Gasteiger partial charge in [-0.2, -0.15) is 0 Å². The van der Waals surface area contributed by atoms with Gasteiger partial charge in [-0.1, -0.05) is 12.1 Å². The second-order valence-corrected chi connectivity index (χ2v) is 2.10. The van der Waals surface area contributed by atoms with Crippen molar-refractivity contribution in [3.63, 3.8) is 0 Å². The lowest BCUT2D eigenvalue weighted by Crippen LogP contribution is -1.96. The summed E-state index contributed by atoms with van der Waals surface area (Å²) >= 11 is 0. The second-order valence-electron chi connectivity index (χ2n) is 2.10. The Balaban J connectivity index is 3.01. The van der Waals surface area contributed by atoms with Gasteiger partial charge in [-0.25, -0.2) is 0 Å². The van der Waals surface area contributed by atoms with E-state index >= 15 is 0 Å². The molecule has 0 saturated heterocycles. The molecule has 1 aromatic rings. The van der Waals surface area contributed by atoms with Gasteiger partial charge in [-0.15, -0.1) is 0 Å². The summed E-state index contributed by atoms with van der Waals surface area (Å²) in [7, 11) is 6.58. The number of rotatable bonds is 2. The fourth-order valence-corrected chi connectivity index (χ4v) is 0.776. The number of hydrogen-bond acceptors (Lipinski definition) is 2. The summed E-state index contributed by atoms with van der Waals surface area (Å²) in [6.45, 7) is 0. The summed E-state index contributed by atoms with van der Waals surface area (Å²) < 4.78 is 4.90. The van der Waals surface area contributed by atoms with Crippen LogP contribution < -0.4 is 4.74 Å². The van der Waals surface area contributed by atoms with Crippen molar-refractivity contribution in [1.82, 2.24) is 0 Å². The van der Waals surface area contributed by atoms with Crippen molar-refractivity contribution in [3.05, 3.63) is 29.8 Å². The second kappa shape index (κ2) is 3.24. The zero-order chi connectivity index (χ0) is 8.27. The number of methoxy groups -OCH3 is 1. The topological polar surface area (TPSA) is 26.3 Å². The van der Waals surface area contributed by atoms with Gasteiger partial charge in [0.15, 0.2) is 7.85 Å². The van der Waals surface area contributed by atoms with E-state index in [1.807, 2.05) is 0 Å². The highest BCUT2D eigenvalue weighted by Crippen LogP contribution is 2.11. The molecule has 0 amide bonds. The maximum Gasteiger partial charge on any atom is 0.175 e. The molecular weight excluding hydrogens is 139 g/mol. The van der Waals surface area contributed by atoms with E-state index in [0.29, 0.717) is 11.3 Å². The normalized spacial score (nSPS) is 9.18. The van der Waals surface area contributed by atoms with Crippen molar-refractivity contribution in [3.8, 4) is 5.75 Å². The molecule has 1 aromatic carbocycles. The Morgan fingerprint density at radius 3 is 2.82 bits per heavy atom. The number of ether oxygens (including phenoxy) is 1. The zero-order valence-electron chi connectivity index (χ0n) is 6.20. The van der Waals surface area contributed by atoms with Crippen molar-refractivity contribution in [2.24, 2.45) is 0 Å². The van der Waals surface area contributed by atoms with Gasteiger partial charge in [-0.3, -0.25) is 0 Å². The molecule has 2 radical (unpaired) electrons. The summed E-state index contributed by atoms with van der Waals surface area (Å²) in [5.41, 5.74) is 0.0215. The lowest BCUT2D eigenvalue weighted by atomic mass is 9.95. The molecule has 0 unspecified atom stereocenters. The van der Waals surface area contributed by atoms with Crippen molar-refractivity contribution in [1.29, 1.82) is 0 Å².